The Morgan fingerprint density at radius 3 is 2.59 bits per heavy atom. The lowest BCUT2D eigenvalue weighted by atomic mass is 10.1. The highest BCUT2D eigenvalue weighted by Gasteiger charge is 2.34. The van der Waals surface area contributed by atoms with E-state index in [1.54, 1.807) is 0 Å². The van der Waals surface area contributed by atoms with Crippen molar-refractivity contribution in [2.75, 3.05) is 26.9 Å². The molecule has 8 nitrogen and oxygen atoms in total. The molecule has 11 heteroatoms. The van der Waals surface area contributed by atoms with E-state index in [9.17, 15) is 27.6 Å². The zero-order valence-electron chi connectivity index (χ0n) is 15.6. The molecule has 1 heterocycles. The fraction of sp³-hybridized carbons (Fsp3) is 0.333. The topological polar surface area (TPSA) is 99.5 Å². The summed E-state index contributed by atoms with van der Waals surface area (Å²) in [6.07, 6.45) is -4.67. The monoisotopic (exact) mass is 413 g/mol. The Morgan fingerprint density at radius 2 is 1.93 bits per heavy atom. The Morgan fingerprint density at radius 1 is 1.24 bits per heavy atom. The van der Waals surface area contributed by atoms with Crippen molar-refractivity contribution in [1.82, 2.24) is 15.1 Å². The van der Waals surface area contributed by atoms with Crippen LogP contribution in [0.2, 0.25) is 0 Å². The van der Waals surface area contributed by atoms with Crippen LogP contribution in [-0.4, -0.2) is 48.5 Å². The second-order valence-electron chi connectivity index (χ2n) is 5.84. The number of para-hydroxylation sites is 1. The molecule has 0 atom stereocenters. The quantitative estimate of drug-likeness (QED) is 0.545. The molecule has 0 aliphatic heterocycles. The Hall–Kier alpha value is -3.21. The summed E-state index contributed by atoms with van der Waals surface area (Å²) in [5.74, 6) is -1.86. The van der Waals surface area contributed by atoms with Crippen molar-refractivity contribution in [3.8, 4) is 5.69 Å². The summed E-state index contributed by atoms with van der Waals surface area (Å²) in [5.41, 5.74) is -2.84. The van der Waals surface area contributed by atoms with Gasteiger partial charge in [-0.25, -0.2) is 9.48 Å². The van der Waals surface area contributed by atoms with E-state index in [0.29, 0.717) is 0 Å². The van der Waals surface area contributed by atoms with Crippen molar-refractivity contribution in [2.24, 2.45) is 0 Å². The lowest BCUT2D eigenvalue weighted by Gasteiger charge is -2.16. The van der Waals surface area contributed by atoms with Gasteiger partial charge < -0.3 is 14.8 Å². The number of halogens is 3. The average molecular weight is 413 g/mol. The largest absolute Gasteiger partial charge is 0.451 e. The number of benzene rings is 1. The first-order valence-corrected chi connectivity index (χ1v) is 8.35. The second kappa shape index (κ2) is 9.32. The summed E-state index contributed by atoms with van der Waals surface area (Å²) in [6.45, 7) is 1.13. The van der Waals surface area contributed by atoms with Gasteiger partial charge in [0.25, 0.3) is 5.91 Å². The molecular formula is C18H18F3N3O5. The van der Waals surface area contributed by atoms with Gasteiger partial charge >= 0.3 is 12.1 Å². The van der Waals surface area contributed by atoms with Crippen LogP contribution in [0.1, 0.15) is 21.7 Å². The van der Waals surface area contributed by atoms with E-state index in [0.717, 1.165) is 22.9 Å². The molecule has 0 unspecified atom stereocenters. The number of hydrogen-bond donors (Lipinski definition) is 1. The maximum absolute atomic E-state index is 13.3. The number of carbonyl (C=O) groups excluding carboxylic acids is 2. The van der Waals surface area contributed by atoms with Crippen molar-refractivity contribution < 1.29 is 32.2 Å². The number of nitrogens with zero attached hydrogens (tertiary/aromatic N) is 2. The van der Waals surface area contributed by atoms with Crippen molar-refractivity contribution in [1.29, 1.82) is 0 Å². The van der Waals surface area contributed by atoms with E-state index in [1.807, 2.05) is 0 Å². The number of amides is 1. The van der Waals surface area contributed by atoms with Crippen LogP contribution < -0.4 is 10.7 Å². The number of rotatable bonds is 7. The van der Waals surface area contributed by atoms with Crippen LogP contribution in [0, 0.1) is 6.92 Å². The summed E-state index contributed by atoms with van der Waals surface area (Å²) in [7, 11) is 1.44. The van der Waals surface area contributed by atoms with Crippen LogP contribution in [0.15, 0.2) is 35.1 Å². The minimum atomic E-state index is -4.67. The number of hydrogen-bond acceptors (Lipinski definition) is 6. The number of aryl methyl sites for hydroxylation is 1. The molecule has 0 saturated carbocycles. The molecule has 0 fully saturated rings. The summed E-state index contributed by atoms with van der Waals surface area (Å²) in [4.78, 5) is 35.8. The van der Waals surface area contributed by atoms with Gasteiger partial charge in [0, 0.05) is 25.4 Å². The van der Waals surface area contributed by atoms with E-state index >= 15 is 0 Å². The highest BCUT2D eigenvalue weighted by Crippen LogP contribution is 2.33. The molecule has 0 radical (unpaired) electrons. The van der Waals surface area contributed by atoms with Gasteiger partial charge in [0.2, 0.25) is 11.1 Å². The first-order valence-electron chi connectivity index (χ1n) is 8.35. The molecule has 1 N–H and O–H groups in total. The summed E-state index contributed by atoms with van der Waals surface area (Å²) in [6, 6.07) is 5.56. The predicted octanol–water partition coefficient (Wildman–Crippen LogP) is 1.48. The van der Waals surface area contributed by atoms with E-state index < -0.39 is 41.3 Å². The van der Waals surface area contributed by atoms with Crippen molar-refractivity contribution in [3.05, 3.63) is 57.5 Å². The zero-order valence-corrected chi connectivity index (χ0v) is 15.6. The summed E-state index contributed by atoms with van der Waals surface area (Å²) >= 11 is 0. The molecule has 29 heavy (non-hydrogen) atoms. The van der Waals surface area contributed by atoms with Crippen LogP contribution >= 0.6 is 0 Å². The van der Waals surface area contributed by atoms with Gasteiger partial charge in [-0.2, -0.15) is 18.3 Å². The van der Waals surface area contributed by atoms with Crippen LogP contribution in [0.5, 0.6) is 0 Å². The van der Waals surface area contributed by atoms with Crippen molar-refractivity contribution in [3.63, 3.8) is 0 Å². The second-order valence-corrected chi connectivity index (χ2v) is 5.84. The molecule has 1 aromatic heterocycles. The van der Waals surface area contributed by atoms with Gasteiger partial charge in [0.05, 0.1) is 17.9 Å². The molecule has 0 saturated heterocycles. The van der Waals surface area contributed by atoms with E-state index in [4.69, 9.17) is 9.47 Å². The van der Waals surface area contributed by atoms with Gasteiger partial charge in [-0.15, -0.1) is 0 Å². The molecular weight excluding hydrogens is 395 g/mol. The normalized spacial score (nSPS) is 11.2. The minimum absolute atomic E-state index is 0.0839. The zero-order chi connectivity index (χ0) is 21.6. The lowest BCUT2D eigenvalue weighted by molar-refractivity contribution is -0.137. The minimum Gasteiger partial charge on any atom is -0.451 e. The molecule has 1 aromatic carbocycles. The number of esters is 1. The third-order valence-corrected chi connectivity index (χ3v) is 3.70. The maximum Gasteiger partial charge on any atom is 0.418 e. The summed E-state index contributed by atoms with van der Waals surface area (Å²) < 4.78 is 50.2. The van der Waals surface area contributed by atoms with Crippen LogP contribution in [-0.2, 0) is 20.4 Å². The average Bonchev–Trinajstić information content (AvgIpc) is 2.66. The number of aromatic nitrogens is 2. The maximum atomic E-state index is 13.3. The van der Waals surface area contributed by atoms with Gasteiger partial charge in [0.1, 0.15) is 0 Å². The first-order chi connectivity index (χ1) is 13.6. The lowest BCUT2D eigenvalue weighted by Crippen LogP contribution is -2.32. The predicted molar refractivity (Wildman–Crippen MR) is 94.7 cm³/mol. The van der Waals surface area contributed by atoms with Crippen LogP contribution in [0.4, 0.5) is 13.2 Å². The third-order valence-electron chi connectivity index (χ3n) is 3.70. The molecule has 2 rings (SSSR count). The van der Waals surface area contributed by atoms with Crippen LogP contribution in [0.3, 0.4) is 0 Å². The van der Waals surface area contributed by atoms with Gasteiger partial charge in [-0.3, -0.25) is 9.59 Å². The number of alkyl halides is 3. The number of methoxy groups -OCH3 is 1. The standard InChI is InChI=1S/C18H18F3N3O5/c1-11-9-14(25)16(17(27)29-10-15(26)22-7-8-28-2)23-24(11)13-6-4-3-5-12(13)18(19,20)21/h3-6,9H,7-8,10H2,1-2H3,(H,22,26). The molecule has 0 bridgehead atoms. The van der Waals surface area contributed by atoms with E-state index in [1.165, 1.54) is 26.2 Å². The molecule has 0 aliphatic rings. The SMILES string of the molecule is COCCNC(=O)COC(=O)c1nn(-c2ccccc2C(F)(F)F)c(C)cc1=O. The summed E-state index contributed by atoms with van der Waals surface area (Å²) in [5, 5.41) is 6.15. The Bertz CT molecular complexity index is 956. The highest BCUT2D eigenvalue weighted by atomic mass is 19.4. The highest BCUT2D eigenvalue weighted by molar-refractivity contribution is 5.89. The molecule has 1 amide bonds. The number of nitrogens with one attached hydrogen (secondary N) is 1. The molecule has 0 aliphatic carbocycles. The van der Waals surface area contributed by atoms with Crippen LogP contribution in [0.25, 0.3) is 5.69 Å². The van der Waals surface area contributed by atoms with Crippen molar-refractivity contribution >= 4 is 11.9 Å². The Balaban J connectivity index is 2.30. The van der Waals surface area contributed by atoms with Gasteiger partial charge in [0.15, 0.2) is 6.61 Å². The number of carbonyl (C=O) groups is 2. The number of ether oxygens (including phenoxy) is 2. The fourth-order valence-electron chi connectivity index (χ4n) is 2.37. The first kappa shape index (κ1) is 22.1. The Labute approximate surface area is 163 Å². The van der Waals surface area contributed by atoms with Gasteiger partial charge in [-0.05, 0) is 19.1 Å². The Kier molecular flexibility index (Phi) is 7.10. The molecule has 0 spiro atoms. The van der Waals surface area contributed by atoms with Crippen molar-refractivity contribution in [2.45, 2.75) is 13.1 Å². The van der Waals surface area contributed by atoms with Gasteiger partial charge in [-0.1, -0.05) is 12.1 Å². The fourth-order valence-corrected chi connectivity index (χ4v) is 2.37. The smallest absolute Gasteiger partial charge is 0.418 e. The van der Waals surface area contributed by atoms with E-state index in [-0.39, 0.29) is 24.5 Å². The molecule has 2 aromatic rings. The van der Waals surface area contributed by atoms with E-state index in [2.05, 4.69) is 10.4 Å². The molecule has 156 valence electrons. The third kappa shape index (κ3) is 5.64.